The molecule has 7 heteroatoms. The predicted octanol–water partition coefficient (Wildman–Crippen LogP) is 3.76. The van der Waals surface area contributed by atoms with Crippen LogP contribution in [0, 0.1) is 0 Å². The molecule has 0 aliphatic carbocycles. The van der Waals surface area contributed by atoms with Gasteiger partial charge in [-0.15, -0.1) is 10.2 Å². The highest BCUT2D eigenvalue weighted by Crippen LogP contribution is 2.21. The number of hydrogen-bond acceptors (Lipinski definition) is 4. The number of halogens is 1. The standard InChI is InChI=1S/C20H18IN5O/c1-14(22-21)19-24-23-18-13-25(11-12-26(18)19)20(27)17-9-7-16(8-10-17)15-5-3-2-4-6-15/h2-10H,11-13H2,1H3. The van der Waals surface area contributed by atoms with Gasteiger partial charge >= 0.3 is 0 Å². The van der Waals surface area contributed by atoms with Crippen LogP contribution >= 0.6 is 22.9 Å². The Morgan fingerprint density at radius 2 is 1.70 bits per heavy atom. The second-order valence-electron chi connectivity index (χ2n) is 6.43. The molecule has 1 amide bonds. The Hall–Kier alpha value is -2.55. The molecule has 4 rings (SSSR count). The van der Waals surface area contributed by atoms with Crippen LogP contribution in [0.4, 0.5) is 0 Å². The topological polar surface area (TPSA) is 63.4 Å². The van der Waals surface area contributed by atoms with Crippen LogP contribution in [0.2, 0.25) is 0 Å². The highest BCUT2D eigenvalue weighted by atomic mass is 127. The van der Waals surface area contributed by atoms with Crippen LogP contribution in [0.1, 0.15) is 28.9 Å². The molecule has 0 bridgehead atoms. The average Bonchev–Trinajstić information content (AvgIpc) is 3.16. The molecule has 27 heavy (non-hydrogen) atoms. The van der Waals surface area contributed by atoms with E-state index in [4.69, 9.17) is 0 Å². The molecule has 3 aromatic rings. The smallest absolute Gasteiger partial charge is 0.254 e. The van der Waals surface area contributed by atoms with E-state index in [0.29, 0.717) is 25.2 Å². The SMILES string of the molecule is CC(=NI)c1nnc2n1CCN(C(=O)c1ccc(-c3ccccc3)cc1)C2. The Bertz CT molecular complexity index is 995. The van der Waals surface area contributed by atoms with Crippen molar-refractivity contribution in [3.8, 4) is 11.1 Å². The van der Waals surface area contributed by atoms with Crippen molar-refractivity contribution in [1.29, 1.82) is 0 Å². The number of rotatable bonds is 3. The monoisotopic (exact) mass is 471 g/mol. The summed E-state index contributed by atoms with van der Waals surface area (Å²) < 4.78 is 6.20. The summed E-state index contributed by atoms with van der Waals surface area (Å²) in [5.74, 6) is 1.59. The maximum absolute atomic E-state index is 12.9. The highest BCUT2D eigenvalue weighted by molar-refractivity contribution is 14.1. The molecule has 2 aromatic carbocycles. The first-order valence-electron chi connectivity index (χ1n) is 8.70. The lowest BCUT2D eigenvalue weighted by Crippen LogP contribution is -2.39. The first-order valence-corrected chi connectivity index (χ1v) is 9.66. The van der Waals surface area contributed by atoms with Gasteiger partial charge in [0.1, 0.15) is 0 Å². The van der Waals surface area contributed by atoms with Crippen molar-refractivity contribution in [1.82, 2.24) is 19.7 Å². The fourth-order valence-electron chi connectivity index (χ4n) is 3.25. The minimum absolute atomic E-state index is 0.0182. The Morgan fingerprint density at radius 1 is 1.00 bits per heavy atom. The third-order valence-corrected chi connectivity index (χ3v) is 5.45. The lowest BCUT2D eigenvalue weighted by atomic mass is 10.0. The highest BCUT2D eigenvalue weighted by Gasteiger charge is 2.25. The predicted molar refractivity (Wildman–Crippen MR) is 113 cm³/mol. The van der Waals surface area contributed by atoms with Crippen molar-refractivity contribution < 1.29 is 4.79 Å². The van der Waals surface area contributed by atoms with E-state index >= 15 is 0 Å². The Morgan fingerprint density at radius 3 is 2.41 bits per heavy atom. The number of carbonyl (C=O) groups is 1. The van der Waals surface area contributed by atoms with Gasteiger partial charge in [0.15, 0.2) is 11.6 Å². The normalized spacial score (nSPS) is 14.1. The van der Waals surface area contributed by atoms with E-state index in [1.54, 1.807) is 0 Å². The molecule has 0 saturated heterocycles. The molecule has 1 aliphatic heterocycles. The van der Waals surface area contributed by atoms with Crippen molar-refractivity contribution in [3.63, 3.8) is 0 Å². The molecule has 0 radical (unpaired) electrons. The van der Waals surface area contributed by atoms with E-state index in [2.05, 4.69) is 25.5 Å². The van der Waals surface area contributed by atoms with Crippen LogP contribution in [-0.4, -0.2) is 37.8 Å². The zero-order chi connectivity index (χ0) is 18.8. The van der Waals surface area contributed by atoms with E-state index in [0.717, 1.165) is 28.5 Å². The van der Waals surface area contributed by atoms with E-state index in [1.807, 2.05) is 81.7 Å². The summed E-state index contributed by atoms with van der Waals surface area (Å²) in [6, 6.07) is 17.9. The summed E-state index contributed by atoms with van der Waals surface area (Å²) in [5, 5.41) is 8.46. The molecule has 0 N–H and O–H groups in total. The number of amides is 1. The molecular formula is C20H18IN5O. The number of nitrogens with zero attached hydrogens (tertiary/aromatic N) is 5. The van der Waals surface area contributed by atoms with Crippen LogP contribution in [-0.2, 0) is 13.1 Å². The number of carbonyl (C=O) groups excluding carboxylic acids is 1. The lowest BCUT2D eigenvalue weighted by molar-refractivity contribution is 0.0707. The number of benzene rings is 2. The second-order valence-corrected chi connectivity index (χ2v) is 6.91. The van der Waals surface area contributed by atoms with Crippen LogP contribution in [0.15, 0.2) is 57.8 Å². The Balaban J connectivity index is 1.52. The van der Waals surface area contributed by atoms with Gasteiger partial charge in [0.05, 0.1) is 35.1 Å². The van der Waals surface area contributed by atoms with Gasteiger partial charge in [-0.3, -0.25) is 4.79 Å². The Kier molecular flexibility index (Phi) is 5.02. The molecule has 0 spiro atoms. The number of fused-ring (bicyclic) bond motifs is 1. The van der Waals surface area contributed by atoms with Crippen molar-refractivity contribution in [2.45, 2.75) is 20.0 Å². The second kappa shape index (κ2) is 7.59. The third-order valence-electron chi connectivity index (χ3n) is 4.73. The van der Waals surface area contributed by atoms with Gasteiger partial charge in [0.25, 0.3) is 5.91 Å². The summed E-state index contributed by atoms with van der Waals surface area (Å²) in [7, 11) is 0. The number of hydrogen-bond donors (Lipinski definition) is 0. The molecular weight excluding hydrogens is 453 g/mol. The van der Waals surface area contributed by atoms with E-state index < -0.39 is 0 Å². The molecule has 0 saturated carbocycles. The van der Waals surface area contributed by atoms with Crippen molar-refractivity contribution in [2.24, 2.45) is 3.21 Å². The number of aromatic nitrogens is 3. The molecule has 6 nitrogen and oxygen atoms in total. The van der Waals surface area contributed by atoms with Gasteiger partial charge in [-0.1, -0.05) is 42.5 Å². The van der Waals surface area contributed by atoms with Crippen molar-refractivity contribution in [2.75, 3.05) is 6.54 Å². The van der Waals surface area contributed by atoms with Crippen LogP contribution in [0.5, 0.6) is 0 Å². The molecule has 2 heterocycles. The maximum atomic E-state index is 12.9. The summed E-state index contributed by atoms with van der Waals surface area (Å²) >= 11 is 1.96. The molecule has 1 aliphatic rings. The van der Waals surface area contributed by atoms with Gasteiger partial charge in [0, 0.05) is 18.7 Å². The van der Waals surface area contributed by atoms with Gasteiger partial charge in [-0.2, -0.15) is 0 Å². The first kappa shape index (κ1) is 17.8. The summed E-state index contributed by atoms with van der Waals surface area (Å²) in [6.45, 7) is 3.68. The van der Waals surface area contributed by atoms with E-state index in [1.165, 1.54) is 0 Å². The first-order chi connectivity index (χ1) is 13.2. The van der Waals surface area contributed by atoms with Crippen LogP contribution in [0.3, 0.4) is 0 Å². The third kappa shape index (κ3) is 3.51. The molecule has 0 atom stereocenters. The van der Waals surface area contributed by atoms with Gasteiger partial charge in [0.2, 0.25) is 0 Å². The zero-order valence-electron chi connectivity index (χ0n) is 14.8. The fraction of sp³-hybridized carbons (Fsp3) is 0.200. The summed E-state index contributed by atoms with van der Waals surface area (Å²) in [4.78, 5) is 14.7. The van der Waals surface area contributed by atoms with Gasteiger partial charge in [-0.05, 0) is 30.2 Å². The fourth-order valence-corrected chi connectivity index (χ4v) is 3.47. The lowest BCUT2D eigenvalue weighted by Gasteiger charge is -2.28. The molecule has 136 valence electrons. The largest absolute Gasteiger partial charge is 0.329 e. The molecule has 1 aromatic heterocycles. The van der Waals surface area contributed by atoms with E-state index in [9.17, 15) is 4.79 Å². The molecule has 0 fully saturated rings. The minimum Gasteiger partial charge on any atom is -0.329 e. The van der Waals surface area contributed by atoms with Crippen LogP contribution < -0.4 is 0 Å². The quantitative estimate of drug-likeness (QED) is 0.432. The average molecular weight is 471 g/mol. The summed E-state index contributed by atoms with van der Waals surface area (Å²) in [5.41, 5.74) is 3.77. The van der Waals surface area contributed by atoms with Crippen molar-refractivity contribution >= 4 is 34.5 Å². The Labute approximate surface area is 171 Å². The van der Waals surface area contributed by atoms with Crippen molar-refractivity contribution in [3.05, 3.63) is 71.8 Å². The van der Waals surface area contributed by atoms with E-state index in [-0.39, 0.29) is 5.91 Å². The minimum atomic E-state index is 0.0182. The zero-order valence-corrected chi connectivity index (χ0v) is 17.0. The van der Waals surface area contributed by atoms with Crippen LogP contribution in [0.25, 0.3) is 11.1 Å². The summed E-state index contributed by atoms with van der Waals surface area (Å²) in [6.07, 6.45) is 0. The van der Waals surface area contributed by atoms with Gasteiger partial charge in [-0.25, -0.2) is 3.21 Å². The maximum Gasteiger partial charge on any atom is 0.254 e. The van der Waals surface area contributed by atoms with Gasteiger partial charge < -0.3 is 9.47 Å². The molecule has 0 unspecified atom stereocenters.